The van der Waals surface area contributed by atoms with E-state index in [0.29, 0.717) is 5.75 Å². The Morgan fingerprint density at radius 1 is 1.44 bits per heavy atom. The van der Waals surface area contributed by atoms with E-state index in [9.17, 15) is 9.59 Å². The van der Waals surface area contributed by atoms with Gasteiger partial charge in [0.1, 0.15) is 17.2 Å². The molecule has 0 saturated carbocycles. The molecule has 18 heavy (non-hydrogen) atoms. The molecular formula is C13H13BrO4. The number of fused-ring (bicyclic) bond motifs is 1. The molecule has 0 spiro atoms. The summed E-state index contributed by atoms with van der Waals surface area (Å²) in [5.74, 6) is -0.157. The van der Waals surface area contributed by atoms with Crippen LogP contribution in [-0.4, -0.2) is 17.3 Å². The second kappa shape index (κ2) is 5.52. The number of carbonyl (C=O) groups is 2. The standard InChI is InChI=1S/C13H13BrO4/c1-8(15)17-10-4-2-9-3-5-12(11(9)6-10)18-13(16)7-14/h2,4,6,12H,3,5,7H2,1H3. The van der Waals surface area contributed by atoms with E-state index in [-0.39, 0.29) is 23.4 Å². The molecule has 1 aromatic rings. The fourth-order valence-corrected chi connectivity index (χ4v) is 2.22. The fraction of sp³-hybridized carbons (Fsp3) is 0.385. The van der Waals surface area contributed by atoms with Gasteiger partial charge in [0.15, 0.2) is 0 Å². The first-order chi connectivity index (χ1) is 8.60. The molecule has 0 fully saturated rings. The van der Waals surface area contributed by atoms with E-state index in [1.807, 2.05) is 6.07 Å². The number of rotatable bonds is 3. The molecule has 0 aromatic heterocycles. The Bertz CT molecular complexity index is 484. The lowest BCUT2D eigenvalue weighted by Crippen LogP contribution is -2.10. The van der Waals surface area contributed by atoms with Crippen LogP contribution in [0.5, 0.6) is 5.75 Å². The van der Waals surface area contributed by atoms with Crippen LogP contribution >= 0.6 is 15.9 Å². The van der Waals surface area contributed by atoms with E-state index < -0.39 is 0 Å². The quantitative estimate of drug-likeness (QED) is 0.489. The van der Waals surface area contributed by atoms with Crippen LogP contribution in [0.3, 0.4) is 0 Å². The summed E-state index contributed by atoms with van der Waals surface area (Å²) in [6.45, 7) is 1.36. The molecule has 2 rings (SSSR count). The molecule has 1 unspecified atom stereocenters. The number of hydrogen-bond acceptors (Lipinski definition) is 4. The summed E-state index contributed by atoms with van der Waals surface area (Å²) >= 11 is 3.07. The molecule has 1 aromatic carbocycles. The van der Waals surface area contributed by atoms with Crippen LogP contribution in [0, 0.1) is 0 Å². The summed E-state index contributed by atoms with van der Waals surface area (Å²) in [7, 11) is 0. The number of ether oxygens (including phenoxy) is 2. The third kappa shape index (κ3) is 2.90. The third-order valence-electron chi connectivity index (χ3n) is 2.78. The Morgan fingerprint density at radius 2 is 2.22 bits per heavy atom. The number of alkyl halides is 1. The summed E-state index contributed by atoms with van der Waals surface area (Å²) in [4.78, 5) is 22.2. The predicted molar refractivity (Wildman–Crippen MR) is 68.7 cm³/mol. The first kappa shape index (κ1) is 13.1. The van der Waals surface area contributed by atoms with Gasteiger partial charge in [0, 0.05) is 6.92 Å². The molecule has 0 N–H and O–H groups in total. The molecule has 96 valence electrons. The van der Waals surface area contributed by atoms with Gasteiger partial charge in [-0.25, -0.2) is 0 Å². The van der Waals surface area contributed by atoms with Crippen LogP contribution in [0.4, 0.5) is 0 Å². The topological polar surface area (TPSA) is 52.6 Å². The molecule has 4 nitrogen and oxygen atoms in total. The van der Waals surface area contributed by atoms with Crippen LogP contribution in [0.15, 0.2) is 18.2 Å². The molecule has 1 aliphatic rings. The van der Waals surface area contributed by atoms with Gasteiger partial charge in [-0.2, -0.15) is 0 Å². The lowest BCUT2D eigenvalue weighted by Gasteiger charge is -2.13. The molecule has 0 saturated heterocycles. The van der Waals surface area contributed by atoms with Crippen molar-refractivity contribution in [2.75, 3.05) is 5.33 Å². The summed E-state index contributed by atoms with van der Waals surface area (Å²) in [6.07, 6.45) is 1.41. The first-order valence-electron chi connectivity index (χ1n) is 5.67. The molecule has 5 heteroatoms. The normalized spacial score (nSPS) is 17.1. The van der Waals surface area contributed by atoms with E-state index in [0.717, 1.165) is 24.0 Å². The van der Waals surface area contributed by atoms with Crippen molar-refractivity contribution >= 4 is 27.9 Å². The van der Waals surface area contributed by atoms with Crippen LogP contribution in [0.1, 0.15) is 30.6 Å². The van der Waals surface area contributed by atoms with Gasteiger partial charge in [-0.1, -0.05) is 22.0 Å². The maximum Gasteiger partial charge on any atom is 0.317 e. The van der Waals surface area contributed by atoms with Crippen molar-refractivity contribution in [2.24, 2.45) is 0 Å². The van der Waals surface area contributed by atoms with Crippen LogP contribution in [0.25, 0.3) is 0 Å². The van der Waals surface area contributed by atoms with Crippen molar-refractivity contribution in [1.29, 1.82) is 0 Å². The highest BCUT2D eigenvalue weighted by atomic mass is 79.9. The zero-order valence-corrected chi connectivity index (χ0v) is 11.5. The van der Waals surface area contributed by atoms with Gasteiger partial charge in [0.2, 0.25) is 0 Å². The summed E-state index contributed by atoms with van der Waals surface area (Å²) in [6, 6.07) is 5.44. The average Bonchev–Trinajstić information content (AvgIpc) is 2.71. The Labute approximate surface area is 113 Å². The number of aryl methyl sites for hydroxylation is 1. The van der Waals surface area contributed by atoms with E-state index >= 15 is 0 Å². The van der Waals surface area contributed by atoms with Crippen molar-refractivity contribution < 1.29 is 19.1 Å². The minimum absolute atomic E-state index is 0.183. The van der Waals surface area contributed by atoms with Crippen molar-refractivity contribution in [3.8, 4) is 5.75 Å². The summed E-state index contributed by atoms with van der Waals surface area (Å²) in [5, 5.41) is 0.183. The molecule has 0 amide bonds. The molecule has 0 heterocycles. The Hall–Kier alpha value is -1.36. The van der Waals surface area contributed by atoms with E-state index in [1.165, 1.54) is 6.92 Å². The van der Waals surface area contributed by atoms with Gasteiger partial charge in [0.25, 0.3) is 0 Å². The third-order valence-corrected chi connectivity index (χ3v) is 3.24. The Morgan fingerprint density at radius 3 is 2.89 bits per heavy atom. The van der Waals surface area contributed by atoms with Gasteiger partial charge in [0.05, 0.1) is 0 Å². The Kier molecular flexibility index (Phi) is 4.01. The summed E-state index contributed by atoms with van der Waals surface area (Å²) in [5.41, 5.74) is 2.07. The highest BCUT2D eigenvalue weighted by Gasteiger charge is 2.26. The lowest BCUT2D eigenvalue weighted by atomic mass is 10.1. The molecule has 1 aliphatic carbocycles. The van der Waals surface area contributed by atoms with Crippen molar-refractivity contribution in [3.05, 3.63) is 29.3 Å². The molecule has 0 radical (unpaired) electrons. The molecular weight excluding hydrogens is 300 g/mol. The number of esters is 2. The highest BCUT2D eigenvalue weighted by molar-refractivity contribution is 9.09. The summed E-state index contributed by atoms with van der Waals surface area (Å²) < 4.78 is 10.4. The first-order valence-corrected chi connectivity index (χ1v) is 6.79. The van der Waals surface area contributed by atoms with Gasteiger partial charge in [-0.3, -0.25) is 9.59 Å². The van der Waals surface area contributed by atoms with Gasteiger partial charge in [-0.05, 0) is 36.1 Å². The number of halogens is 1. The number of carbonyl (C=O) groups excluding carboxylic acids is 2. The van der Waals surface area contributed by atoms with Crippen LogP contribution in [-0.2, 0) is 20.7 Å². The predicted octanol–water partition coefficient (Wildman–Crippen LogP) is 2.54. The maximum atomic E-state index is 11.3. The van der Waals surface area contributed by atoms with Gasteiger partial charge >= 0.3 is 11.9 Å². The van der Waals surface area contributed by atoms with Crippen LogP contribution < -0.4 is 4.74 Å². The van der Waals surface area contributed by atoms with E-state index in [4.69, 9.17) is 9.47 Å². The van der Waals surface area contributed by atoms with Crippen molar-refractivity contribution in [3.63, 3.8) is 0 Å². The van der Waals surface area contributed by atoms with Crippen molar-refractivity contribution in [1.82, 2.24) is 0 Å². The van der Waals surface area contributed by atoms with E-state index in [2.05, 4.69) is 15.9 Å². The smallest absolute Gasteiger partial charge is 0.317 e. The second-order valence-electron chi connectivity index (χ2n) is 4.11. The number of benzene rings is 1. The monoisotopic (exact) mass is 312 g/mol. The fourth-order valence-electron chi connectivity index (χ4n) is 2.08. The van der Waals surface area contributed by atoms with Crippen LogP contribution in [0.2, 0.25) is 0 Å². The molecule has 0 bridgehead atoms. The zero-order valence-electron chi connectivity index (χ0n) is 9.94. The van der Waals surface area contributed by atoms with Gasteiger partial charge < -0.3 is 9.47 Å². The SMILES string of the molecule is CC(=O)Oc1ccc2c(c1)C(OC(=O)CBr)CC2. The van der Waals surface area contributed by atoms with E-state index in [1.54, 1.807) is 12.1 Å². The minimum atomic E-state index is -0.359. The minimum Gasteiger partial charge on any atom is -0.457 e. The second-order valence-corrected chi connectivity index (χ2v) is 4.67. The molecule has 0 aliphatic heterocycles. The zero-order chi connectivity index (χ0) is 13.1. The number of hydrogen-bond donors (Lipinski definition) is 0. The Balaban J connectivity index is 2.19. The largest absolute Gasteiger partial charge is 0.457 e. The maximum absolute atomic E-state index is 11.3. The molecule has 1 atom stereocenters. The average molecular weight is 313 g/mol. The highest BCUT2D eigenvalue weighted by Crippen LogP contribution is 2.36. The van der Waals surface area contributed by atoms with Crippen molar-refractivity contribution in [2.45, 2.75) is 25.9 Å². The lowest BCUT2D eigenvalue weighted by molar-refractivity contribution is -0.146. The van der Waals surface area contributed by atoms with Gasteiger partial charge in [-0.15, -0.1) is 0 Å².